The summed E-state index contributed by atoms with van der Waals surface area (Å²) in [5, 5.41) is 0. The maximum absolute atomic E-state index is 13.8. The third-order valence-electron chi connectivity index (χ3n) is 6.53. The van der Waals surface area contributed by atoms with Gasteiger partial charge in [-0.2, -0.15) is 0 Å². The van der Waals surface area contributed by atoms with Crippen LogP contribution in [0.1, 0.15) is 35.3 Å². The fourth-order valence-electron chi connectivity index (χ4n) is 5.13. The third kappa shape index (κ3) is 3.58. The maximum Gasteiger partial charge on any atom is 0.573 e. The number of carbonyl (C=O) groups excluding carboxylic acids is 1. The summed E-state index contributed by atoms with van der Waals surface area (Å²) in [6.07, 6.45) is -1.26. The van der Waals surface area contributed by atoms with Crippen LogP contribution < -0.4 is 15.2 Å². The van der Waals surface area contributed by atoms with Gasteiger partial charge in [-0.05, 0) is 42.7 Å². The molecule has 0 radical (unpaired) electrons. The van der Waals surface area contributed by atoms with E-state index in [1.54, 1.807) is 46.1 Å². The van der Waals surface area contributed by atoms with E-state index in [9.17, 15) is 18.0 Å². The number of ether oxygens (including phenoxy) is 2. The number of hydrogen-bond donors (Lipinski definition) is 1. The minimum Gasteiger partial charge on any atom is -0.487 e. The van der Waals surface area contributed by atoms with Crippen LogP contribution in [-0.4, -0.2) is 44.2 Å². The van der Waals surface area contributed by atoms with Gasteiger partial charge < -0.3 is 20.1 Å². The predicted molar refractivity (Wildman–Crippen MR) is 120 cm³/mol. The van der Waals surface area contributed by atoms with Gasteiger partial charge in [0.05, 0.1) is 29.6 Å². The molecule has 0 bridgehead atoms. The second-order valence-electron chi connectivity index (χ2n) is 9.00. The molecular weight excluding hydrogens is 463 g/mol. The fraction of sp³-hybridized carbons (Fsp3) is 0.292. The largest absolute Gasteiger partial charge is 0.573 e. The Labute approximate surface area is 197 Å². The van der Waals surface area contributed by atoms with Crippen LogP contribution in [0.5, 0.6) is 11.5 Å². The van der Waals surface area contributed by atoms with Crippen molar-refractivity contribution in [1.29, 1.82) is 0 Å². The highest BCUT2D eigenvalue weighted by Gasteiger charge is 2.45. The Hall–Kier alpha value is -4.02. The van der Waals surface area contributed by atoms with E-state index < -0.39 is 12.4 Å². The molecule has 0 saturated carbocycles. The number of anilines is 1. The molecule has 0 aliphatic carbocycles. The number of benzene rings is 2. The van der Waals surface area contributed by atoms with Gasteiger partial charge in [-0.15, -0.1) is 13.2 Å². The molecule has 2 aliphatic heterocycles. The van der Waals surface area contributed by atoms with E-state index in [0.717, 1.165) is 0 Å². The molecule has 3 atom stereocenters. The first-order valence-electron chi connectivity index (χ1n) is 11.1. The first-order chi connectivity index (χ1) is 16.7. The summed E-state index contributed by atoms with van der Waals surface area (Å²) in [6.45, 7) is 2.51. The number of nitrogens with zero attached hydrogens (tertiary/aromatic N) is 4. The molecule has 2 N–H and O–H groups in total. The molecule has 180 valence electrons. The number of fused-ring (bicyclic) bond motifs is 6. The van der Waals surface area contributed by atoms with Gasteiger partial charge in [0.1, 0.15) is 28.9 Å². The van der Waals surface area contributed by atoms with Crippen molar-refractivity contribution in [1.82, 2.24) is 19.3 Å². The number of amides is 1. The SMILES string of the molecule is C[C@@H]1C[C@@H]2Oc3cc(OC(F)(F)F)ccc3[C@@H]2N(C(=O)c2ccc3nc(N)c4cncn4c3c2)C1. The summed E-state index contributed by atoms with van der Waals surface area (Å²) >= 11 is 0. The van der Waals surface area contributed by atoms with Crippen LogP contribution >= 0.6 is 0 Å². The molecule has 8 nitrogen and oxygen atoms in total. The second kappa shape index (κ2) is 7.49. The number of nitrogens with two attached hydrogens (primary N) is 1. The van der Waals surface area contributed by atoms with E-state index in [1.807, 2.05) is 6.92 Å². The second-order valence-corrected chi connectivity index (χ2v) is 9.00. The number of carbonyl (C=O) groups is 1. The van der Waals surface area contributed by atoms with Crippen LogP contribution in [-0.2, 0) is 0 Å². The number of likely N-dealkylation sites (tertiary alicyclic amines) is 1. The average molecular weight is 483 g/mol. The highest BCUT2D eigenvalue weighted by Crippen LogP contribution is 2.47. The standard InChI is InChI=1S/C24H20F3N5O3/c1-12-6-20-21(15-4-3-14(8-19(15)34-20)35-24(25,26)27)31(10-12)23(33)13-2-5-16-17(7-13)32-11-29-9-18(32)22(28)30-16/h2-5,7-9,11-12,20-21H,6,10H2,1H3,(H2,28,30)/t12-,20+,21+/m1/s1. The van der Waals surface area contributed by atoms with Crippen molar-refractivity contribution in [3.8, 4) is 11.5 Å². The van der Waals surface area contributed by atoms with Gasteiger partial charge in [-0.1, -0.05) is 6.92 Å². The van der Waals surface area contributed by atoms with Crippen molar-refractivity contribution in [3.05, 3.63) is 60.0 Å². The number of hydrogen-bond acceptors (Lipinski definition) is 6. The van der Waals surface area contributed by atoms with E-state index in [0.29, 0.717) is 52.2 Å². The van der Waals surface area contributed by atoms with Crippen LogP contribution in [0.3, 0.4) is 0 Å². The topological polar surface area (TPSA) is 95.0 Å². The molecule has 1 amide bonds. The van der Waals surface area contributed by atoms with Gasteiger partial charge in [0, 0.05) is 23.7 Å². The van der Waals surface area contributed by atoms with Crippen molar-refractivity contribution in [2.24, 2.45) is 5.92 Å². The summed E-state index contributed by atoms with van der Waals surface area (Å²) in [5.74, 6) is 0.224. The smallest absolute Gasteiger partial charge is 0.487 e. The molecule has 2 aliphatic rings. The van der Waals surface area contributed by atoms with Crippen molar-refractivity contribution in [2.75, 3.05) is 12.3 Å². The molecule has 0 unspecified atom stereocenters. The molecule has 6 rings (SSSR count). The summed E-state index contributed by atoms with van der Waals surface area (Å²) in [4.78, 5) is 24.0. The molecular formula is C24H20F3N5O3. The molecule has 4 aromatic rings. The van der Waals surface area contributed by atoms with Crippen LogP contribution in [0.25, 0.3) is 16.6 Å². The molecule has 4 heterocycles. The Morgan fingerprint density at radius 1 is 1.20 bits per heavy atom. The molecule has 2 aromatic carbocycles. The number of piperidine rings is 1. The number of aromatic nitrogens is 3. The Morgan fingerprint density at radius 3 is 2.83 bits per heavy atom. The van der Waals surface area contributed by atoms with Gasteiger partial charge >= 0.3 is 6.36 Å². The predicted octanol–water partition coefficient (Wildman–Crippen LogP) is 4.35. The van der Waals surface area contributed by atoms with Crippen molar-refractivity contribution < 1.29 is 27.4 Å². The molecule has 0 spiro atoms. The monoisotopic (exact) mass is 483 g/mol. The van der Waals surface area contributed by atoms with Crippen molar-refractivity contribution >= 4 is 28.3 Å². The normalized spacial score (nSPS) is 21.6. The lowest BCUT2D eigenvalue weighted by Crippen LogP contribution is -2.47. The fourth-order valence-corrected chi connectivity index (χ4v) is 5.13. The number of alkyl halides is 3. The first kappa shape index (κ1) is 21.5. The minimum absolute atomic E-state index is 0.141. The summed E-state index contributed by atoms with van der Waals surface area (Å²) in [7, 11) is 0. The third-order valence-corrected chi connectivity index (χ3v) is 6.53. The summed E-state index contributed by atoms with van der Waals surface area (Å²) < 4.78 is 49.8. The Morgan fingerprint density at radius 2 is 2.03 bits per heavy atom. The zero-order valence-corrected chi connectivity index (χ0v) is 18.5. The Balaban J connectivity index is 1.38. The molecule has 35 heavy (non-hydrogen) atoms. The van der Waals surface area contributed by atoms with E-state index in [4.69, 9.17) is 10.5 Å². The van der Waals surface area contributed by atoms with Crippen LogP contribution in [0.4, 0.5) is 19.0 Å². The van der Waals surface area contributed by atoms with Gasteiger partial charge in [-0.3, -0.25) is 9.20 Å². The van der Waals surface area contributed by atoms with E-state index in [2.05, 4.69) is 14.7 Å². The van der Waals surface area contributed by atoms with Gasteiger partial charge in [0.25, 0.3) is 5.91 Å². The zero-order chi connectivity index (χ0) is 24.5. The van der Waals surface area contributed by atoms with Gasteiger partial charge in [0.15, 0.2) is 0 Å². The zero-order valence-electron chi connectivity index (χ0n) is 18.5. The first-order valence-corrected chi connectivity index (χ1v) is 11.1. The number of rotatable bonds is 2. The number of imidazole rings is 1. The maximum atomic E-state index is 13.8. The Bertz CT molecular complexity index is 1480. The minimum atomic E-state index is -4.80. The van der Waals surface area contributed by atoms with Crippen molar-refractivity contribution in [2.45, 2.75) is 31.9 Å². The highest BCUT2D eigenvalue weighted by atomic mass is 19.4. The summed E-state index contributed by atoms with van der Waals surface area (Å²) in [5.41, 5.74) is 9.09. The van der Waals surface area contributed by atoms with Crippen LogP contribution in [0.2, 0.25) is 0 Å². The average Bonchev–Trinajstić information content (AvgIpc) is 3.42. The highest BCUT2D eigenvalue weighted by molar-refractivity contribution is 5.98. The lowest BCUT2D eigenvalue weighted by Gasteiger charge is -2.39. The van der Waals surface area contributed by atoms with Gasteiger partial charge in [-0.25, -0.2) is 9.97 Å². The lowest BCUT2D eigenvalue weighted by atomic mass is 9.88. The van der Waals surface area contributed by atoms with Crippen molar-refractivity contribution in [3.63, 3.8) is 0 Å². The molecule has 2 aromatic heterocycles. The van der Waals surface area contributed by atoms with Crippen LogP contribution in [0.15, 0.2) is 48.9 Å². The summed E-state index contributed by atoms with van der Waals surface area (Å²) in [6, 6.07) is 8.80. The lowest BCUT2D eigenvalue weighted by molar-refractivity contribution is -0.274. The Kier molecular flexibility index (Phi) is 4.60. The van der Waals surface area contributed by atoms with E-state index >= 15 is 0 Å². The van der Waals surface area contributed by atoms with E-state index in [1.165, 1.54) is 12.1 Å². The number of halogens is 3. The molecule has 1 saturated heterocycles. The molecule has 11 heteroatoms. The van der Waals surface area contributed by atoms with E-state index in [-0.39, 0.29) is 23.7 Å². The van der Waals surface area contributed by atoms with Crippen LogP contribution in [0, 0.1) is 5.92 Å². The van der Waals surface area contributed by atoms with Gasteiger partial charge in [0.2, 0.25) is 0 Å². The molecule has 1 fully saturated rings. The quantitative estimate of drug-likeness (QED) is 0.456. The number of nitrogen functional groups attached to an aromatic ring is 1.